The molecule has 25 heavy (non-hydrogen) atoms. The van der Waals surface area contributed by atoms with E-state index in [1.54, 1.807) is 28.0 Å². The third-order valence-electron chi connectivity index (χ3n) is 3.44. The summed E-state index contributed by atoms with van der Waals surface area (Å²) < 4.78 is 19.2. The van der Waals surface area contributed by atoms with E-state index in [2.05, 4.69) is 5.16 Å². The first-order valence-corrected chi connectivity index (χ1v) is 8.51. The molecule has 1 aliphatic rings. The number of amides is 1. The zero-order valence-electron chi connectivity index (χ0n) is 15.6. The number of hydrogen-bond donors (Lipinski definition) is 1. The number of rotatable bonds is 1. The van der Waals surface area contributed by atoms with Gasteiger partial charge in [-0.25, -0.2) is 9.18 Å². The number of benzene rings is 1. The highest BCUT2D eigenvalue weighted by Crippen LogP contribution is 2.15. The van der Waals surface area contributed by atoms with Gasteiger partial charge in [-0.05, 0) is 32.9 Å². The van der Waals surface area contributed by atoms with Gasteiger partial charge in [0.05, 0.1) is 5.56 Å². The molecule has 1 N–H and O–H groups in total. The van der Waals surface area contributed by atoms with Crippen LogP contribution in [0.3, 0.4) is 0 Å². The average molecular weight is 353 g/mol. The molecule has 1 amide bonds. The van der Waals surface area contributed by atoms with Crippen molar-refractivity contribution in [2.75, 3.05) is 26.2 Å². The summed E-state index contributed by atoms with van der Waals surface area (Å²) in [6.07, 6.45) is -0.370. The molecule has 0 bridgehead atoms. The Morgan fingerprint density at radius 3 is 2.12 bits per heavy atom. The Morgan fingerprint density at radius 2 is 1.64 bits per heavy atom. The fourth-order valence-electron chi connectivity index (χ4n) is 2.36. The molecule has 1 heterocycles. The Kier molecular flexibility index (Phi) is 7.67. The largest absolute Gasteiger partial charge is 0.444 e. The number of halogens is 1. The lowest BCUT2D eigenvalue weighted by molar-refractivity contribution is 0.0186. The van der Waals surface area contributed by atoms with Crippen molar-refractivity contribution in [3.05, 3.63) is 35.6 Å². The maximum absolute atomic E-state index is 13.9. The van der Waals surface area contributed by atoms with E-state index < -0.39 is 11.4 Å². The number of ether oxygens (including phenoxy) is 1. The third-order valence-corrected chi connectivity index (χ3v) is 3.44. The minimum Gasteiger partial charge on any atom is -0.444 e. The summed E-state index contributed by atoms with van der Waals surface area (Å²) in [5.74, 6) is -0.276. The molecular weight excluding hydrogens is 325 g/mol. The van der Waals surface area contributed by atoms with Crippen LogP contribution in [0.4, 0.5) is 9.18 Å². The normalized spacial score (nSPS) is 15.4. The Labute approximate surface area is 148 Å². The molecule has 0 unspecified atom stereocenters. The second-order valence-electron chi connectivity index (χ2n) is 6.36. The highest BCUT2D eigenvalue weighted by molar-refractivity contribution is 5.98. The average Bonchev–Trinajstić information content (AvgIpc) is 2.58. The van der Waals surface area contributed by atoms with E-state index >= 15 is 0 Å². The Hall–Kier alpha value is -2.31. The summed E-state index contributed by atoms with van der Waals surface area (Å²) >= 11 is 0. The van der Waals surface area contributed by atoms with E-state index in [4.69, 9.17) is 4.74 Å². The monoisotopic (exact) mass is 353 g/mol. The fourth-order valence-corrected chi connectivity index (χ4v) is 2.36. The van der Waals surface area contributed by atoms with Gasteiger partial charge in [-0.15, -0.1) is 0 Å². The number of oxime groups is 1. The topological polar surface area (TPSA) is 65.4 Å². The fraction of sp³-hybridized carbons (Fsp3) is 0.556. The maximum atomic E-state index is 13.9. The quantitative estimate of drug-likeness (QED) is 0.363. The lowest BCUT2D eigenvalue weighted by atomic mass is 10.1. The van der Waals surface area contributed by atoms with Gasteiger partial charge < -0.3 is 19.7 Å². The number of carbonyl (C=O) groups is 1. The molecule has 0 aromatic heterocycles. The lowest BCUT2D eigenvalue weighted by Crippen LogP contribution is -2.52. The second-order valence-corrected chi connectivity index (χ2v) is 6.36. The van der Waals surface area contributed by atoms with Crippen LogP contribution in [0.1, 0.15) is 40.2 Å². The first kappa shape index (κ1) is 20.7. The van der Waals surface area contributed by atoms with Crippen LogP contribution in [0.5, 0.6) is 0 Å². The molecular formula is C18H28FN3O3. The van der Waals surface area contributed by atoms with E-state index in [1.807, 2.05) is 34.6 Å². The number of amidine groups is 1. The third kappa shape index (κ3) is 5.92. The molecule has 1 aliphatic heterocycles. The molecule has 0 aliphatic carbocycles. The standard InChI is InChI=1S/C16H22FN3O3.C2H6/c1-16(2,3)23-15(21)20-10-8-19(9-11-20)14(18-22)12-6-4-5-7-13(12)17;1-2/h4-7,22H,8-11H2,1-3H3;1-2H3/b18-14-;. The van der Waals surface area contributed by atoms with Gasteiger partial charge in [-0.3, -0.25) is 0 Å². The molecule has 0 atom stereocenters. The summed E-state index contributed by atoms with van der Waals surface area (Å²) in [6, 6.07) is 6.14. The van der Waals surface area contributed by atoms with Gasteiger partial charge in [0.25, 0.3) is 0 Å². The number of carbonyl (C=O) groups excluding carboxylic acids is 1. The first-order chi connectivity index (χ1) is 11.8. The van der Waals surface area contributed by atoms with Crippen LogP contribution in [-0.4, -0.2) is 58.7 Å². The van der Waals surface area contributed by atoms with E-state index in [-0.39, 0.29) is 17.5 Å². The predicted octanol–water partition coefficient (Wildman–Crippen LogP) is 3.54. The van der Waals surface area contributed by atoms with Gasteiger partial charge in [0.15, 0.2) is 5.84 Å². The van der Waals surface area contributed by atoms with Gasteiger partial charge in [-0.1, -0.05) is 31.1 Å². The van der Waals surface area contributed by atoms with Crippen molar-refractivity contribution in [1.29, 1.82) is 0 Å². The summed E-state index contributed by atoms with van der Waals surface area (Å²) in [7, 11) is 0. The molecule has 2 rings (SSSR count). The van der Waals surface area contributed by atoms with Crippen molar-refractivity contribution in [1.82, 2.24) is 9.80 Å². The van der Waals surface area contributed by atoms with Gasteiger partial charge in [0.1, 0.15) is 11.4 Å². The molecule has 1 fully saturated rings. The van der Waals surface area contributed by atoms with Crippen molar-refractivity contribution in [3.8, 4) is 0 Å². The summed E-state index contributed by atoms with van der Waals surface area (Å²) in [5.41, 5.74) is -0.306. The van der Waals surface area contributed by atoms with E-state index in [9.17, 15) is 14.4 Å². The van der Waals surface area contributed by atoms with Crippen LogP contribution in [0, 0.1) is 5.82 Å². The highest BCUT2D eigenvalue weighted by Gasteiger charge is 2.28. The number of hydrogen-bond acceptors (Lipinski definition) is 4. The van der Waals surface area contributed by atoms with Crippen LogP contribution >= 0.6 is 0 Å². The minimum atomic E-state index is -0.543. The highest BCUT2D eigenvalue weighted by atomic mass is 19.1. The second kappa shape index (κ2) is 9.25. The van der Waals surface area contributed by atoms with Crippen LogP contribution in [0.15, 0.2) is 29.4 Å². The zero-order valence-corrected chi connectivity index (χ0v) is 15.6. The summed E-state index contributed by atoms with van der Waals surface area (Å²) in [5, 5.41) is 12.5. The molecule has 0 saturated carbocycles. The van der Waals surface area contributed by atoms with Gasteiger partial charge in [0.2, 0.25) is 0 Å². The predicted molar refractivity (Wildman–Crippen MR) is 95.5 cm³/mol. The van der Waals surface area contributed by atoms with Crippen molar-refractivity contribution < 1.29 is 19.1 Å². The van der Waals surface area contributed by atoms with Crippen LogP contribution in [0.25, 0.3) is 0 Å². The van der Waals surface area contributed by atoms with Crippen LogP contribution < -0.4 is 0 Å². The van der Waals surface area contributed by atoms with E-state index in [0.717, 1.165) is 0 Å². The van der Waals surface area contributed by atoms with Crippen molar-refractivity contribution in [3.63, 3.8) is 0 Å². The Balaban J connectivity index is 0.00000151. The molecule has 6 nitrogen and oxygen atoms in total. The molecule has 1 aromatic rings. The lowest BCUT2D eigenvalue weighted by Gasteiger charge is -2.36. The SMILES string of the molecule is CC.CC(C)(C)OC(=O)N1CCN(/C(=N\O)c2ccccc2F)CC1. The Bertz CT molecular complexity index is 591. The molecule has 1 saturated heterocycles. The molecule has 140 valence electrons. The molecule has 0 radical (unpaired) electrons. The zero-order chi connectivity index (χ0) is 19.0. The van der Waals surface area contributed by atoms with E-state index in [0.29, 0.717) is 26.2 Å². The maximum Gasteiger partial charge on any atom is 0.410 e. The van der Waals surface area contributed by atoms with Crippen molar-refractivity contribution in [2.45, 2.75) is 40.2 Å². The van der Waals surface area contributed by atoms with Gasteiger partial charge >= 0.3 is 6.09 Å². The van der Waals surface area contributed by atoms with Crippen LogP contribution in [0.2, 0.25) is 0 Å². The van der Waals surface area contributed by atoms with Gasteiger partial charge in [0, 0.05) is 26.2 Å². The number of piperazine rings is 1. The number of nitrogens with zero attached hydrogens (tertiary/aromatic N) is 3. The first-order valence-electron chi connectivity index (χ1n) is 8.51. The van der Waals surface area contributed by atoms with Crippen molar-refractivity contribution >= 4 is 11.9 Å². The Morgan fingerprint density at radius 1 is 1.12 bits per heavy atom. The van der Waals surface area contributed by atoms with E-state index in [1.165, 1.54) is 6.07 Å². The summed E-state index contributed by atoms with van der Waals surface area (Å²) in [6.45, 7) is 11.2. The van der Waals surface area contributed by atoms with Crippen molar-refractivity contribution in [2.24, 2.45) is 5.16 Å². The minimum absolute atomic E-state index is 0.173. The molecule has 0 spiro atoms. The van der Waals surface area contributed by atoms with Gasteiger partial charge in [-0.2, -0.15) is 0 Å². The molecule has 7 heteroatoms. The summed E-state index contributed by atoms with van der Waals surface area (Å²) in [4.78, 5) is 15.4. The smallest absolute Gasteiger partial charge is 0.410 e. The van der Waals surface area contributed by atoms with Crippen LogP contribution in [-0.2, 0) is 4.74 Å². The molecule has 1 aromatic carbocycles.